The van der Waals surface area contributed by atoms with Crippen LogP contribution in [0.2, 0.25) is 0 Å². The lowest BCUT2D eigenvalue weighted by atomic mass is 9.87. The van der Waals surface area contributed by atoms with Crippen LogP contribution in [0.25, 0.3) is 0 Å². The lowest BCUT2D eigenvalue weighted by Crippen LogP contribution is -2.24. The standard InChI is InChI=1S/C19H29NO/c1-5-6-7-8-9-10-15-20-18(21)16-11-13-17(14-12-16)19(2,3)4/h7-8,11-14H,5-6,9-10,15H2,1-4H3,(H,20,21)/b8-7+. The summed E-state index contributed by atoms with van der Waals surface area (Å²) < 4.78 is 0. The van der Waals surface area contributed by atoms with Crippen molar-refractivity contribution in [2.75, 3.05) is 6.54 Å². The average molecular weight is 287 g/mol. The number of amides is 1. The fourth-order valence-electron chi connectivity index (χ4n) is 2.05. The number of carbonyl (C=O) groups excluding carboxylic acids is 1. The molecule has 0 spiro atoms. The van der Waals surface area contributed by atoms with Gasteiger partial charge in [-0.1, -0.05) is 58.4 Å². The summed E-state index contributed by atoms with van der Waals surface area (Å²) in [5.74, 6) is 0.0213. The molecule has 21 heavy (non-hydrogen) atoms. The highest BCUT2D eigenvalue weighted by Gasteiger charge is 2.13. The third-order valence-electron chi connectivity index (χ3n) is 3.47. The van der Waals surface area contributed by atoms with E-state index in [9.17, 15) is 4.79 Å². The number of nitrogens with one attached hydrogen (secondary N) is 1. The van der Waals surface area contributed by atoms with Gasteiger partial charge < -0.3 is 5.32 Å². The second kappa shape index (κ2) is 8.66. The molecule has 1 rings (SSSR count). The quantitative estimate of drug-likeness (QED) is 0.563. The number of unbranched alkanes of at least 4 members (excludes halogenated alkanes) is 2. The number of hydrogen-bond donors (Lipinski definition) is 1. The summed E-state index contributed by atoms with van der Waals surface area (Å²) in [5, 5.41) is 2.98. The molecule has 116 valence electrons. The molecule has 1 aromatic rings. The van der Waals surface area contributed by atoms with Crippen LogP contribution >= 0.6 is 0 Å². The minimum atomic E-state index is 0.0213. The van der Waals surface area contributed by atoms with Crippen molar-refractivity contribution in [3.8, 4) is 0 Å². The summed E-state index contributed by atoms with van der Waals surface area (Å²) in [6.45, 7) is 9.43. The maximum atomic E-state index is 12.0. The van der Waals surface area contributed by atoms with Gasteiger partial charge in [0.05, 0.1) is 0 Å². The van der Waals surface area contributed by atoms with Crippen molar-refractivity contribution in [1.29, 1.82) is 0 Å². The van der Waals surface area contributed by atoms with Crippen molar-refractivity contribution in [3.05, 3.63) is 47.5 Å². The van der Waals surface area contributed by atoms with E-state index in [4.69, 9.17) is 0 Å². The molecule has 0 aliphatic rings. The van der Waals surface area contributed by atoms with Crippen LogP contribution in [0.3, 0.4) is 0 Å². The molecule has 0 radical (unpaired) electrons. The summed E-state index contributed by atoms with van der Waals surface area (Å²) in [6.07, 6.45) is 8.78. The van der Waals surface area contributed by atoms with E-state index in [0.717, 1.165) is 31.4 Å². The molecule has 0 heterocycles. The van der Waals surface area contributed by atoms with Crippen molar-refractivity contribution < 1.29 is 4.79 Å². The molecule has 2 nitrogen and oxygen atoms in total. The van der Waals surface area contributed by atoms with Crippen LogP contribution in [0, 0.1) is 0 Å². The van der Waals surface area contributed by atoms with E-state index in [-0.39, 0.29) is 11.3 Å². The van der Waals surface area contributed by atoms with E-state index in [1.54, 1.807) is 0 Å². The predicted molar refractivity (Wildman–Crippen MR) is 90.8 cm³/mol. The molecular formula is C19H29NO. The maximum absolute atomic E-state index is 12.0. The van der Waals surface area contributed by atoms with Crippen molar-refractivity contribution in [3.63, 3.8) is 0 Å². The van der Waals surface area contributed by atoms with E-state index in [0.29, 0.717) is 0 Å². The van der Waals surface area contributed by atoms with Crippen LogP contribution in [0.5, 0.6) is 0 Å². The summed E-state index contributed by atoms with van der Waals surface area (Å²) >= 11 is 0. The number of rotatable bonds is 7. The van der Waals surface area contributed by atoms with Crippen molar-refractivity contribution in [2.24, 2.45) is 0 Å². The third-order valence-corrected chi connectivity index (χ3v) is 3.47. The Balaban J connectivity index is 2.36. The van der Waals surface area contributed by atoms with Crippen LogP contribution in [-0.4, -0.2) is 12.5 Å². The highest BCUT2D eigenvalue weighted by molar-refractivity contribution is 5.94. The van der Waals surface area contributed by atoms with Crippen LogP contribution in [-0.2, 0) is 5.41 Å². The molecule has 0 fully saturated rings. The van der Waals surface area contributed by atoms with Crippen LogP contribution < -0.4 is 5.32 Å². The van der Waals surface area contributed by atoms with Crippen molar-refractivity contribution in [1.82, 2.24) is 5.32 Å². The lowest BCUT2D eigenvalue weighted by molar-refractivity contribution is 0.0953. The van der Waals surface area contributed by atoms with E-state index in [1.807, 2.05) is 24.3 Å². The Morgan fingerprint density at radius 1 is 1.10 bits per heavy atom. The lowest BCUT2D eigenvalue weighted by Gasteiger charge is -2.19. The summed E-state index contributed by atoms with van der Waals surface area (Å²) in [4.78, 5) is 12.0. The fourth-order valence-corrected chi connectivity index (χ4v) is 2.05. The van der Waals surface area contributed by atoms with Gasteiger partial charge in [0.1, 0.15) is 0 Å². The Bertz CT molecular complexity index is 451. The zero-order chi connectivity index (χ0) is 15.7. The van der Waals surface area contributed by atoms with Gasteiger partial charge in [-0.15, -0.1) is 0 Å². The zero-order valence-electron chi connectivity index (χ0n) is 13.9. The van der Waals surface area contributed by atoms with E-state index >= 15 is 0 Å². The van der Waals surface area contributed by atoms with Gasteiger partial charge in [-0.3, -0.25) is 4.79 Å². The average Bonchev–Trinajstić information content (AvgIpc) is 2.45. The molecule has 0 bridgehead atoms. The first-order valence-corrected chi connectivity index (χ1v) is 7.99. The van der Waals surface area contributed by atoms with Gasteiger partial charge in [0.2, 0.25) is 0 Å². The highest BCUT2D eigenvalue weighted by atomic mass is 16.1. The Kier molecular flexibility index (Phi) is 7.21. The van der Waals surface area contributed by atoms with Gasteiger partial charge >= 0.3 is 0 Å². The van der Waals surface area contributed by atoms with Crippen molar-refractivity contribution in [2.45, 2.75) is 58.8 Å². The van der Waals surface area contributed by atoms with E-state index in [1.165, 1.54) is 12.0 Å². The van der Waals surface area contributed by atoms with Gasteiger partial charge in [-0.2, -0.15) is 0 Å². The van der Waals surface area contributed by atoms with Crippen molar-refractivity contribution >= 4 is 5.91 Å². The minimum absolute atomic E-state index is 0.0213. The monoisotopic (exact) mass is 287 g/mol. The number of hydrogen-bond acceptors (Lipinski definition) is 1. The zero-order valence-corrected chi connectivity index (χ0v) is 13.9. The second-order valence-corrected chi connectivity index (χ2v) is 6.49. The third kappa shape index (κ3) is 6.61. The maximum Gasteiger partial charge on any atom is 0.251 e. The minimum Gasteiger partial charge on any atom is -0.352 e. The topological polar surface area (TPSA) is 29.1 Å². The first kappa shape index (κ1) is 17.5. The Labute approximate surface area is 129 Å². The molecule has 0 saturated carbocycles. The smallest absolute Gasteiger partial charge is 0.251 e. The largest absolute Gasteiger partial charge is 0.352 e. The SMILES string of the molecule is CCC/C=C/CCCNC(=O)c1ccc(C(C)(C)C)cc1. The molecule has 2 heteroatoms. The summed E-state index contributed by atoms with van der Waals surface area (Å²) in [5.41, 5.74) is 2.12. The van der Waals surface area contributed by atoms with E-state index < -0.39 is 0 Å². The highest BCUT2D eigenvalue weighted by Crippen LogP contribution is 2.22. The predicted octanol–water partition coefficient (Wildman–Crippen LogP) is 4.85. The van der Waals surface area contributed by atoms with Crippen LogP contribution in [0.1, 0.15) is 69.3 Å². The molecule has 0 atom stereocenters. The molecule has 0 aromatic heterocycles. The molecule has 1 amide bonds. The van der Waals surface area contributed by atoms with Gasteiger partial charge in [0.15, 0.2) is 0 Å². The molecule has 1 aromatic carbocycles. The number of allylic oxidation sites excluding steroid dienone is 2. The van der Waals surface area contributed by atoms with Gasteiger partial charge in [0, 0.05) is 12.1 Å². The Morgan fingerprint density at radius 3 is 2.29 bits per heavy atom. The summed E-state index contributed by atoms with van der Waals surface area (Å²) in [6, 6.07) is 7.92. The Hall–Kier alpha value is -1.57. The van der Waals surface area contributed by atoms with Gasteiger partial charge in [-0.05, 0) is 42.4 Å². The number of benzene rings is 1. The molecule has 0 saturated heterocycles. The molecule has 0 unspecified atom stereocenters. The van der Waals surface area contributed by atoms with E-state index in [2.05, 4.69) is 45.2 Å². The van der Waals surface area contributed by atoms with Gasteiger partial charge in [0.25, 0.3) is 5.91 Å². The molecular weight excluding hydrogens is 258 g/mol. The molecule has 0 aliphatic heterocycles. The normalized spacial score (nSPS) is 11.8. The molecule has 0 aliphatic carbocycles. The van der Waals surface area contributed by atoms with Crippen LogP contribution in [0.15, 0.2) is 36.4 Å². The molecule has 1 N–H and O–H groups in total. The second-order valence-electron chi connectivity index (χ2n) is 6.49. The summed E-state index contributed by atoms with van der Waals surface area (Å²) in [7, 11) is 0. The Morgan fingerprint density at radius 2 is 1.71 bits per heavy atom. The first-order chi connectivity index (χ1) is 9.95. The van der Waals surface area contributed by atoms with Gasteiger partial charge in [-0.25, -0.2) is 0 Å². The van der Waals surface area contributed by atoms with Crippen LogP contribution in [0.4, 0.5) is 0 Å². The fraction of sp³-hybridized carbons (Fsp3) is 0.526. The number of carbonyl (C=O) groups is 1. The first-order valence-electron chi connectivity index (χ1n) is 7.99.